The molecule has 3 rings (SSSR count). The zero-order valence-corrected chi connectivity index (χ0v) is 14.8. The molecule has 2 heterocycles. The Morgan fingerprint density at radius 2 is 2.17 bits per heavy atom. The second kappa shape index (κ2) is 8.33. The number of piperidine rings is 1. The van der Waals surface area contributed by atoms with Gasteiger partial charge in [-0.1, -0.05) is 35.5 Å². The van der Waals surface area contributed by atoms with Gasteiger partial charge in [0.15, 0.2) is 5.82 Å². The van der Waals surface area contributed by atoms with Gasteiger partial charge in [-0.3, -0.25) is 4.79 Å². The van der Waals surface area contributed by atoms with E-state index in [0.29, 0.717) is 29.3 Å². The number of carbonyl (C=O) groups is 1. The summed E-state index contributed by atoms with van der Waals surface area (Å²) in [6, 6.07) is 10.8. The second-order valence-corrected chi connectivity index (χ2v) is 7.13. The molecule has 0 spiro atoms. The Labute approximate surface area is 146 Å². The number of nitrogens with zero attached hydrogens (tertiary/aromatic N) is 3. The fraction of sp³-hybridized carbons (Fsp3) is 0.500. The van der Waals surface area contributed by atoms with Gasteiger partial charge in [0.2, 0.25) is 11.8 Å². The van der Waals surface area contributed by atoms with Crippen molar-refractivity contribution in [3.63, 3.8) is 0 Å². The van der Waals surface area contributed by atoms with Crippen molar-refractivity contribution in [1.29, 1.82) is 0 Å². The van der Waals surface area contributed by atoms with E-state index >= 15 is 0 Å². The molecular weight excluding hydrogens is 322 g/mol. The quantitative estimate of drug-likeness (QED) is 0.804. The van der Waals surface area contributed by atoms with Crippen LogP contribution < -0.4 is 0 Å². The lowest BCUT2D eigenvalue weighted by molar-refractivity contribution is -0.131. The molecule has 0 saturated carbocycles. The average Bonchev–Trinajstić information content (AvgIpc) is 3.01. The van der Waals surface area contributed by atoms with Crippen LogP contribution in [0.15, 0.2) is 34.9 Å². The second-order valence-electron chi connectivity index (χ2n) is 6.15. The topological polar surface area (TPSA) is 59.2 Å². The van der Waals surface area contributed by atoms with Gasteiger partial charge in [-0.2, -0.15) is 4.98 Å². The Kier molecular flexibility index (Phi) is 5.91. The summed E-state index contributed by atoms with van der Waals surface area (Å²) in [4.78, 5) is 18.9. The minimum absolute atomic E-state index is 0.223. The van der Waals surface area contributed by atoms with Crippen molar-refractivity contribution in [3.8, 4) is 0 Å². The first-order valence-electron chi connectivity index (χ1n) is 8.42. The summed E-state index contributed by atoms with van der Waals surface area (Å²) in [5.41, 5.74) is 1.30. The van der Waals surface area contributed by atoms with Crippen LogP contribution in [0.3, 0.4) is 0 Å². The van der Waals surface area contributed by atoms with Crippen molar-refractivity contribution in [1.82, 2.24) is 15.0 Å². The van der Waals surface area contributed by atoms with E-state index in [2.05, 4.69) is 39.3 Å². The van der Waals surface area contributed by atoms with E-state index in [1.54, 1.807) is 18.7 Å². The summed E-state index contributed by atoms with van der Waals surface area (Å²) >= 11 is 1.55. The van der Waals surface area contributed by atoms with Crippen LogP contribution in [0.5, 0.6) is 0 Å². The number of aryl methyl sites for hydroxylation is 1. The number of likely N-dealkylation sites (tertiary alicyclic amines) is 1. The van der Waals surface area contributed by atoms with Gasteiger partial charge in [0.25, 0.3) is 0 Å². The van der Waals surface area contributed by atoms with E-state index in [9.17, 15) is 4.79 Å². The lowest BCUT2D eigenvalue weighted by Crippen LogP contribution is -2.45. The third-order valence-electron chi connectivity index (χ3n) is 4.29. The molecule has 1 saturated heterocycles. The highest BCUT2D eigenvalue weighted by atomic mass is 32.2. The summed E-state index contributed by atoms with van der Waals surface area (Å²) in [5, 5.41) is 3.86. The molecule has 1 aliphatic heterocycles. The van der Waals surface area contributed by atoms with E-state index in [-0.39, 0.29) is 5.91 Å². The van der Waals surface area contributed by atoms with Gasteiger partial charge in [0, 0.05) is 19.5 Å². The van der Waals surface area contributed by atoms with Crippen molar-refractivity contribution in [2.45, 2.75) is 44.4 Å². The number of aromatic nitrogens is 2. The highest BCUT2D eigenvalue weighted by molar-refractivity contribution is 7.99. The maximum Gasteiger partial charge on any atom is 0.232 e. The third kappa shape index (κ3) is 4.60. The first-order valence-corrected chi connectivity index (χ1v) is 9.58. The number of benzene rings is 1. The van der Waals surface area contributed by atoms with Crippen molar-refractivity contribution < 1.29 is 9.32 Å². The minimum Gasteiger partial charge on any atom is -0.340 e. The Morgan fingerprint density at radius 3 is 2.92 bits per heavy atom. The molecule has 1 fully saturated rings. The maximum absolute atomic E-state index is 12.6. The summed E-state index contributed by atoms with van der Waals surface area (Å²) in [5.74, 6) is 2.53. The Morgan fingerprint density at radius 1 is 1.33 bits per heavy atom. The van der Waals surface area contributed by atoms with Gasteiger partial charge in [-0.15, -0.1) is 11.8 Å². The molecule has 0 N–H and O–H groups in total. The molecule has 0 unspecified atom stereocenters. The first kappa shape index (κ1) is 17.0. The third-order valence-corrected chi connectivity index (χ3v) is 5.20. The van der Waals surface area contributed by atoms with Gasteiger partial charge in [-0.05, 0) is 31.2 Å². The molecule has 0 aliphatic carbocycles. The first-order chi connectivity index (χ1) is 11.7. The van der Waals surface area contributed by atoms with Gasteiger partial charge in [-0.25, -0.2) is 0 Å². The zero-order valence-electron chi connectivity index (χ0n) is 14.0. The van der Waals surface area contributed by atoms with Crippen molar-refractivity contribution in [2.24, 2.45) is 0 Å². The lowest BCUT2D eigenvalue weighted by atomic mass is 9.95. The smallest absolute Gasteiger partial charge is 0.232 e. The van der Waals surface area contributed by atoms with Crippen LogP contribution >= 0.6 is 11.8 Å². The van der Waals surface area contributed by atoms with Crippen LogP contribution in [0.1, 0.15) is 36.5 Å². The molecule has 6 heteroatoms. The molecule has 24 heavy (non-hydrogen) atoms. The highest BCUT2D eigenvalue weighted by Crippen LogP contribution is 2.22. The summed E-state index contributed by atoms with van der Waals surface area (Å²) in [7, 11) is 0. The van der Waals surface area contributed by atoms with Gasteiger partial charge in [0.1, 0.15) is 0 Å². The molecule has 1 atom stereocenters. The van der Waals surface area contributed by atoms with Gasteiger partial charge < -0.3 is 9.42 Å². The molecule has 1 aliphatic rings. The number of carbonyl (C=O) groups excluding carboxylic acids is 1. The molecule has 0 bridgehead atoms. The van der Waals surface area contributed by atoms with E-state index in [0.717, 1.165) is 25.8 Å². The van der Waals surface area contributed by atoms with Crippen molar-refractivity contribution >= 4 is 17.7 Å². The van der Waals surface area contributed by atoms with Crippen LogP contribution in [0.25, 0.3) is 0 Å². The van der Waals surface area contributed by atoms with Gasteiger partial charge >= 0.3 is 0 Å². The largest absolute Gasteiger partial charge is 0.340 e. The number of hydrogen-bond donors (Lipinski definition) is 0. The minimum atomic E-state index is 0.223. The summed E-state index contributed by atoms with van der Waals surface area (Å²) in [6.45, 7) is 2.65. The molecule has 128 valence electrons. The molecular formula is C18H23N3O2S. The van der Waals surface area contributed by atoms with E-state index < -0.39 is 0 Å². The highest BCUT2D eigenvalue weighted by Gasteiger charge is 2.26. The van der Waals surface area contributed by atoms with Crippen LogP contribution in [0.2, 0.25) is 0 Å². The molecule has 0 radical (unpaired) electrons. The fourth-order valence-electron chi connectivity index (χ4n) is 3.14. The Hall–Kier alpha value is -1.82. The predicted molar refractivity (Wildman–Crippen MR) is 94.7 cm³/mol. The predicted octanol–water partition coefficient (Wildman–Crippen LogP) is 3.24. The van der Waals surface area contributed by atoms with Crippen molar-refractivity contribution in [3.05, 3.63) is 47.6 Å². The molecule has 2 aromatic rings. The van der Waals surface area contributed by atoms with E-state index in [1.807, 2.05) is 6.07 Å². The van der Waals surface area contributed by atoms with Crippen LogP contribution in [0, 0.1) is 6.92 Å². The molecule has 1 amide bonds. The number of rotatable bonds is 6. The Balaban J connectivity index is 1.53. The normalized spacial score (nSPS) is 17.9. The van der Waals surface area contributed by atoms with E-state index in [1.165, 1.54) is 12.0 Å². The van der Waals surface area contributed by atoms with Crippen molar-refractivity contribution in [2.75, 3.05) is 12.3 Å². The maximum atomic E-state index is 12.6. The standard InChI is InChI=1S/C18H23N3O2S/c1-14-19-17(20-23-14)12-24-13-18(22)21-10-6-5-9-16(21)11-15-7-3-2-4-8-15/h2-4,7-8,16H,5-6,9-13H2,1H3/t16-/m1/s1. The average molecular weight is 345 g/mol. The van der Waals surface area contributed by atoms with Crippen LogP contribution in [-0.2, 0) is 17.0 Å². The molecule has 1 aromatic carbocycles. The monoisotopic (exact) mass is 345 g/mol. The lowest BCUT2D eigenvalue weighted by Gasteiger charge is -2.36. The van der Waals surface area contributed by atoms with Gasteiger partial charge in [0.05, 0.1) is 11.5 Å². The molecule has 5 nitrogen and oxygen atoms in total. The SMILES string of the molecule is Cc1nc(CSCC(=O)N2CCCC[C@@H]2Cc2ccccc2)no1. The number of hydrogen-bond acceptors (Lipinski definition) is 5. The van der Waals surface area contributed by atoms with E-state index in [4.69, 9.17) is 4.52 Å². The fourth-order valence-corrected chi connectivity index (χ4v) is 3.88. The molecule has 1 aromatic heterocycles. The van der Waals surface area contributed by atoms with Crippen LogP contribution in [-0.4, -0.2) is 39.3 Å². The number of thioether (sulfide) groups is 1. The number of amides is 1. The van der Waals surface area contributed by atoms with Crippen LogP contribution in [0.4, 0.5) is 0 Å². The Bertz CT molecular complexity index is 659. The summed E-state index contributed by atoms with van der Waals surface area (Å²) in [6.07, 6.45) is 4.35. The zero-order chi connectivity index (χ0) is 16.8. The summed E-state index contributed by atoms with van der Waals surface area (Å²) < 4.78 is 4.95.